The van der Waals surface area contributed by atoms with Crippen molar-refractivity contribution >= 4 is 27.5 Å². The van der Waals surface area contributed by atoms with E-state index in [1.54, 1.807) is 18.4 Å². The summed E-state index contributed by atoms with van der Waals surface area (Å²) in [6.07, 6.45) is 5.26. The number of carbonyl (C=O) groups is 1. The van der Waals surface area contributed by atoms with Gasteiger partial charge in [-0.15, -0.1) is 11.3 Å². The number of rotatable bonds is 4. The molecule has 0 aliphatic heterocycles. The van der Waals surface area contributed by atoms with E-state index in [-0.39, 0.29) is 24.2 Å². The fourth-order valence-corrected chi connectivity index (χ4v) is 4.72. The second-order valence-corrected chi connectivity index (χ2v) is 8.40. The Morgan fingerprint density at radius 2 is 1.97 bits per heavy atom. The average molecular weight is 415 g/mol. The Bertz CT molecular complexity index is 1190. The lowest BCUT2D eigenvalue weighted by atomic mass is 9.95. The van der Waals surface area contributed by atoms with Crippen LogP contribution in [0.5, 0.6) is 0 Å². The molecule has 0 bridgehead atoms. The van der Waals surface area contributed by atoms with E-state index in [1.165, 1.54) is 40.5 Å². The van der Waals surface area contributed by atoms with Gasteiger partial charge in [0.15, 0.2) is 0 Å². The van der Waals surface area contributed by atoms with Gasteiger partial charge in [-0.25, -0.2) is 13.8 Å². The second kappa shape index (κ2) is 7.94. The first kappa shape index (κ1) is 19.6. The minimum absolute atomic E-state index is 0.135. The number of amides is 1. The Labute approximate surface area is 170 Å². The molecule has 1 amide bonds. The maximum absolute atomic E-state index is 13.7. The summed E-state index contributed by atoms with van der Waals surface area (Å²) in [5.74, 6) is -0.654. The van der Waals surface area contributed by atoms with Gasteiger partial charge in [0, 0.05) is 6.04 Å². The summed E-state index contributed by atoms with van der Waals surface area (Å²) >= 11 is 1.22. The number of nitrogens with zero attached hydrogens (tertiary/aromatic N) is 2. The Morgan fingerprint density at radius 3 is 2.69 bits per heavy atom. The van der Waals surface area contributed by atoms with Crippen molar-refractivity contribution in [1.29, 1.82) is 0 Å². The van der Waals surface area contributed by atoms with E-state index in [2.05, 4.69) is 5.32 Å². The highest BCUT2D eigenvalue weighted by atomic mass is 32.1. The van der Waals surface area contributed by atoms with E-state index >= 15 is 0 Å². The van der Waals surface area contributed by atoms with Crippen molar-refractivity contribution in [3.63, 3.8) is 0 Å². The number of aromatic nitrogens is 2. The number of carbonyl (C=O) groups excluding carboxylic acids is 1. The number of hydrogen-bond acceptors (Lipinski definition) is 4. The predicted molar refractivity (Wildman–Crippen MR) is 111 cm³/mol. The van der Waals surface area contributed by atoms with Crippen molar-refractivity contribution in [3.05, 3.63) is 61.9 Å². The topological polar surface area (TPSA) is 73.1 Å². The zero-order valence-corrected chi connectivity index (χ0v) is 16.9. The molecule has 152 valence electrons. The van der Waals surface area contributed by atoms with E-state index in [1.807, 2.05) is 0 Å². The van der Waals surface area contributed by atoms with Crippen LogP contribution < -0.4 is 16.6 Å². The lowest BCUT2D eigenvalue weighted by molar-refractivity contribution is -0.122. The van der Waals surface area contributed by atoms with Crippen LogP contribution in [-0.2, 0) is 11.3 Å². The minimum Gasteiger partial charge on any atom is -0.352 e. The van der Waals surface area contributed by atoms with E-state index in [4.69, 9.17) is 0 Å². The molecule has 0 saturated heterocycles. The van der Waals surface area contributed by atoms with Gasteiger partial charge in [-0.2, -0.15) is 0 Å². The van der Waals surface area contributed by atoms with Gasteiger partial charge in [0.05, 0.1) is 11.2 Å². The molecule has 2 heterocycles. The highest BCUT2D eigenvalue weighted by molar-refractivity contribution is 7.17. The van der Waals surface area contributed by atoms with Crippen LogP contribution in [0.25, 0.3) is 15.9 Å². The normalized spacial score (nSPS) is 15.0. The number of aryl methyl sites for hydroxylation is 1. The number of fused-ring (bicyclic) bond motifs is 1. The standard InChI is InChI=1S/C21H22FN3O3S/c1-13-11-15(7-8-16(13)22)25-20(27)19-17(9-10-29-19)24(21(25)28)12-18(26)23-14-5-3-2-4-6-14/h7-11,14H,2-6,12H2,1H3,(H,23,26). The molecule has 0 spiro atoms. The summed E-state index contributed by atoms with van der Waals surface area (Å²) in [5, 5.41) is 4.73. The molecule has 1 saturated carbocycles. The monoisotopic (exact) mass is 415 g/mol. The second-order valence-electron chi connectivity index (χ2n) is 7.48. The average Bonchev–Trinajstić information content (AvgIpc) is 3.19. The van der Waals surface area contributed by atoms with Crippen molar-refractivity contribution in [1.82, 2.24) is 14.5 Å². The summed E-state index contributed by atoms with van der Waals surface area (Å²) in [7, 11) is 0. The van der Waals surface area contributed by atoms with Crippen LogP contribution in [0.15, 0.2) is 39.2 Å². The van der Waals surface area contributed by atoms with Crippen LogP contribution in [0.3, 0.4) is 0 Å². The quantitative estimate of drug-likeness (QED) is 0.712. The highest BCUT2D eigenvalue weighted by Crippen LogP contribution is 2.19. The van der Waals surface area contributed by atoms with Crippen molar-refractivity contribution in [2.45, 2.75) is 51.6 Å². The van der Waals surface area contributed by atoms with Crippen LogP contribution in [0, 0.1) is 12.7 Å². The lowest BCUT2D eigenvalue weighted by Gasteiger charge is -2.23. The van der Waals surface area contributed by atoms with Crippen LogP contribution in [0.4, 0.5) is 4.39 Å². The number of nitrogens with one attached hydrogen (secondary N) is 1. The van der Waals surface area contributed by atoms with E-state index in [9.17, 15) is 18.8 Å². The van der Waals surface area contributed by atoms with Crippen molar-refractivity contribution in [2.75, 3.05) is 0 Å². The molecule has 2 aromatic heterocycles. The molecule has 1 N–H and O–H groups in total. The molecule has 29 heavy (non-hydrogen) atoms. The number of benzene rings is 1. The molecule has 8 heteroatoms. The molecule has 3 aromatic rings. The van der Waals surface area contributed by atoms with Gasteiger partial charge in [0.2, 0.25) is 5.91 Å². The summed E-state index contributed by atoms with van der Waals surface area (Å²) in [4.78, 5) is 38.7. The maximum atomic E-state index is 13.7. The third kappa shape index (κ3) is 3.76. The maximum Gasteiger partial charge on any atom is 0.336 e. The van der Waals surface area contributed by atoms with Crippen LogP contribution >= 0.6 is 11.3 Å². The predicted octanol–water partition coefficient (Wildman–Crippen LogP) is 3.11. The molecular formula is C21H22FN3O3S. The Hall–Kier alpha value is -2.74. The number of thiophene rings is 1. The van der Waals surface area contributed by atoms with Crippen LogP contribution in [0.1, 0.15) is 37.7 Å². The first-order valence-corrected chi connectivity index (χ1v) is 10.6. The Morgan fingerprint density at radius 1 is 1.21 bits per heavy atom. The Balaban J connectivity index is 1.76. The molecule has 0 radical (unpaired) electrons. The molecule has 6 nitrogen and oxygen atoms in total. The third-order valence-electron chi connectivity index (χ3n) is 5.43. The molecule has 1 aliphatic carbocycles. The fraction of sp³-hybridized carbons (Fsp3) is 0.381. The smallest absolute Gasteiger partial charge is 0.336 e. The molecular weight excluding hydrogens is 393 g/mol. The lowest BCUT2D eigenvalue weighted by Crippen LogP contribution is -2.43. The van der Waals surface area contributed by atoms with Gasteiger partial charge in [-0.1, -0.05) is 19.3 Å². The zero-order valence-electron chi connectivity index (χ0n) is 16.1. The molecule has 4 rings (SSSR count). The summed E-state index contributed by atoms with van der Waals surface area (Å²) in [6.45, 7) is 1.41. The van der Waals surface area contributed by atoms with Gasteiger partial charge < -0.3 is 5.32 Å². The molecule has 1 aliphatic rings. The number of halogens is 1. The summed E-state index contributed by atoms with van der Waals surface area (Å²) < 4.78 is 16.4. The van der Waals surface area contributed by atoms with Crippen molar-refractivity contribution < 1.29 is 9.18 Å². The van der Waals surface area contributed by atoms with Gasteiger partial charge in [-0.3, -0.25) is 14.2 Å². The van der Waals surface area contributed by atoms with Crippen LogP contribution in [-0.4, -0.2) is 21.1 Å². The van der Waals surface area contributed by atoms with E-state index in [0.717, 1.165) is 30.3 Å². The summed E-state index contributed by atoms with van der Waals surface area (Å²) in [5.41, 5.74) is -0.00293. The van der Waals surface area contributed by atoms with Gasteiger partial charge in [0.1, 0.15) is 17.1 Å². The van der Waals surface area contributed by atoms with E-state index < -0.39 is 17.1 Å². The minimum atomic E-state index is -0.606. The van der Waals surface area contributed by atoms with Gasteiger partial charge >= 0.3 is 5.69 Å². The first-order valence-electron chi connectivity index (χ1n) is 9.74. The first-order chi connectivity index (χ1) is 14.0. The van der Waals surface area contributed by atoms with Crippen LogP contribution in [0.2, 0.25) is 0 Å². The highest BCUT2D eigenvalue weighted by Gasteiger charge is 2.20. The SMILES string of the molecule is Cc1cc(-n2c(=O)c3sccc3n(CC(=O)NC3CCCCC3)c2=O)ccc1F. The summed E-state index contributed by atoms with van der Waals surface area (Å²) in [6, 6.07) is 5.91. The van der Waals surface area contributed by atoms with E-state index in [0.29, 0.717) is 15.8 Å². The Kier molecular flexibility index (Phi) is 5.36. The largest absolute Gasteiger partial charge is 0.352 e. The zero-order chi connectivity index (χ0) is 20.5. The van der Waals surface area contributed by atoms with Gasteiger partial charge in [0.25, 0.3) is 5.56 Å². The third-order valence-corrected chi connectivity index (χ3v) is 6.32. The van der Waals surface area contributed by atoms with Crippen molar-refractivity contribution in [3.8, 4) is 5.69 Å². The van der Waals surface area contributed by atoms with Crippen molar-refractivity contribution in [2.24, 2.45) is 0 Å². The van der Waals surface area contributed by atoms with Gasteiger partial charge in [-0.05, 0) is 55.0 Å². The molecule has 1 aromatic carbocycles. The molecule has 0 unspecified atom stereocenters. The molecule has 1 fully saturated rings. The molecule has 0 atom stereocenters. The number of hydrogen-bond donors (Lipinski definition) is 1. The fourth-order valence-electron chi connectivity index (χ4n) is 3.90.